The van der Waals surface area contributed by atoms with Crippen LogP contribution in [-0.2, 0) is 16.4 Å². The van der Waals surface area contributed by atoms with E-state index >= 15 is 0 Å². The molecule has 17 heavy (non-hydrogen) atoms. The highest BCUT2D eigenvalue weighted by Gasteiger charge is 2.02. The van der Waals surface area contributed by atoms with Gasteiger partial charge in [0.2, 0.25) is 10.0 Å². The van der Waals surface area contributed by atoms with Crippen molar-refractivity contribution < 1.29 is 8.42 Å². The number of nitrogens with zero attached hydrogens (tertiary/aromatic N) is 2. The maximum Gasteiger partial charge on any atom is 0.229 e. The van der Waals surface area contributed by atoms with Crippen molar-refractivity contribution in [2.75, 3.05) is 11.0 Å². The monoisotopic (exact) mass is 252 g/mol. The van der Waals surface area contributed by atoms with E-state index in [1.165, 1.54) is 6.33 Å². The average Bonchev–Trinajstić information content (AvgIpc) is 2.71. The highest BCUT2D eigenvalue weighted by Crippen LogP contribution is 2.12. The molecule has 1 aromatic heterocycles. The fourth-order valence-electron chi connectivity index (χ4n) is 1.41. The van der Waals surface area contributed by atoms with E-state index in [-0.39, 0.29) is 0 Å². The van der Waals surface area contributed by atoms with Gasteiger partial charge in [-0.15, -0.1) is 0 Å². The quantitative estimate of drug-likeness (QED) is 0.841. The number of hydrogen-bond acceptors (Lipinski definition) is 4. The number of anilines is 1. The van der Waals surface area contributed by atoms with Gasteiger partial charge in [-0.1, -0.05) is 12.1 Å². The number of hydrogen-bond donors (Lipinski definition) is 2. The second kappa shape index (κ2) is 4.54. The summed E-state index contributed by atoms with van der Waals surface area (Å²) >= 11 is 0. The maximum absolute atomic E-state index is 11.0. The summed E-state index contributed by atoms with van der Waals surface area (Å²) in [5.74, 6) is 0.772. The summed E-state index contributed by atoms with van der Waals surface area (Å²) in [6.07, 6.45) is 3.21. The molecule has 1 heterocycles. The van der Waals surface area contributed by atoms with Crippen LogP contribution in [0.2, 0.25) is 0 Å². The predicted molar refractivity (Wildman–Crippen MR) is 64.1 cm³/mol. The number of rotatable bonds is 4. The molecular weight excluding hydrogens is 240 g/mol. The number of sulfonamides is 1. The minimum atomic E-state index is -3.22. The zero-order valence-corrected chi connectivity index (χ0v) is 10.0. The molecule has 0 saturated heterocycles. The molecule has 1 aromatic carbocycles. The molecule has 7 heteroatoms. The fourth-order valence-corrected chi connectivity index (χ4v) is 1.98. The van der Waals surface area contributed by atoms with Crippen molar-refractivity contribution in [2.45, 2.75) is 6.42 Å². The van der Waals surface area contributed by atoms with E-state index in [1.54, 1.807) is 12.1 Å². The van der Waals surface area contributed by atoms with E-state index in [4.69, 9.17) is 0 Å². The Labute approximate surface area is 99.1 Å². The van der Waals surface area contributed by atoms with E-state index in [9.17, 15) is 8.42 Å². The lowest BCUT2D eigenvalue weighted by Gasteiger charge is -2.04. The standard InChI is InChI=1S/C10H12N4O2S/c1-17(15,16)14-9-4-2-8(3-5-9)6-10-11-7-12-13-10/h2-5,7,14H,6H2,1H3,(H,11,12,13). The van der Waals surface area contributed by atoms with Gasteiger partial charge >= 0.3 is 0 Å². The molecule has 0 aliphatic rings. The van der Waals surface area contributed by atoms with Crippen molar-refractivity contribution >= 4 is 15.7 Å². The van der Waals surface area contributed by atoms with E-state index in [0.29, 0.717) is 12.1 Å². The number of benzene rings is 1. The van der Waals surface area contributed by atoms with Crippen LogP contribution in [-0.4, -0.2) is 29.9 Å². The second-order valence-electron chi connectivity index (χ2n) is 3.68. The molecule has 90 valence electrons. The minimum absolute atomic E-state index is 0.550. The Kier molecular flexibility index (Phi) is 3.10. The van der Waals surface area contributed by atoms with Gasteiger partial charge in [-0.05, 0) is 17.7 Å². The van der Waals surface area contributed by atoms with Crippen molar-refractivity contribution in [2.24, 2.45) is 0 Å². The Morgan fingerprint density at radius 2 is 2.00 bits per heavy atom. The van der Waals surface area contributed by atoms with Gasteiger partial charge in [-0.3, -0.25) is 9.82 Å². The van der Waals surface area contributed by atoms with Crippen molar-refractivity contribution in [3.8, 4) is 0 Å². The molecule has 0 fully saturated rings. The van der Waals surface area contributed by atoms with Gasteiger partial charge in [0.15, 0.2) is 0 Å². The van der Waals surface area contributed by atoms with Gasteiger partial charge in [-0.25, -0.2) is 13.4 Å². The molecule has 0 atom stereocenters. The summed E-state index contributed by atoms with van der Waals surface area (Å²) in [6, 6.07) is 7.12. The Morgan fingerprint density at radius 1 is 1.29 bits per heavy atom. The smallest absolute Gasteiger partial charge is 0.229 e. The second-order valence-corrected chi connectivity index (χ2v) is 5.43. The summed E-state index contributed by atoms with van der Waals surface area (Å²) in [4.78, 5) is 4.02. The molecule has 2 rings (SSSR count). The zero-order chi connectivity index (χ0) is 12.3. The largest absolute Gasteiger partial charge is 0.284 e. The maximum atomic E-state index is 11.0. The molecular formula is C10H12N4O2S. The summed E-state index contributed by atoms with van der Waals surface area (Å²) in [5.41, 5.74) is 1.58. The van der Waals surface area contributed by atoms with Crippen LogP contribution in [0.3, 0.4) is 0 Å². The third kappa shape index (κ3) is 3.56. The lowest BCUT2D eigenvalue weighted by molar-refractivity contribution is 0.607. The van der Waals surface area contributed by atoms with Crippen LogP contribution in [0.25, 0.3) is 0 Å². The lowest BCUT2D eigenvalue weighted by atomic mass is 10.1. The molecule has 0 radical (unpaired) electrons. The molecule has 2 aromatic rings. The van der Waals surface area contributed by atoms with E-state index in [1.807, 2.05) is 12.1 Å². The molecule has 0 unspecified atom stereocenters. The van der Waals surface area contributed by atoms with Crippen LogP contribution >= 0.6 is 0 Å². The van der Waals surface area contributed by atoms with Gasteiger partial charge in [0.25, 0.3) is 0 Å². The third-order valence-electron chi connectivity index (χ3n) is 2.09. The summed E-state index contributed by atoms with van der Waals surface area (Å²) < 4.78 is 24.4. The summed E-state index contributed by atoms with van der Waals surface area (Å²) in [7, 11) is -3.22. The molecule has 6 nitrogen and oxygen atoms in total. The molecule has 0 bridgehead atoms. The molecule has 0 amide bonds. The molecule has 0 saturated carbocycles. The third-order valence-corrected chi connectivity index (χ3v) is 2.70. The summed E-state index contributed by atoms with van der Waals surface area (Å²) in [6.45, 7) is 0. The lowest BCUT2D eigenvalue weighted by Crippen LogP contribution is -2.09. The van der Waals surface area contributed by atoms with Crippen LogP contribution < -0.4 is 4.72 Å². The van der Waals surface area contributed by atoms with Crippen LogP contribution in [0.15, 0.2) is 30.6 Å². The fraction of sp³-hybridized carbons (Fsp3) is 0.200. The Bertz CT molecular complexity index is 575. The number of aromatic nitrogens is 3. The molecule has 0 spiro atoms. The zero-order valence-electron chi connectivity index (χ0n) is 9.21. The topological polar surface area (TPSA) is 87.7 Å². The van der Waals surface area contributed by atoms with Crippen LogP contribution in [0.1, 0.15) is 11.4 Å². The van der Waals surface area contributed by atoms with Gasteiger partial charge in [-0.2, -0.15) is 5.10 Å². The van der Waals surface area contributed by atoms with Gasteiger partial charge in [0.05, 0.1) is 6.26 Å². The average molecular weight is 252 g/mol. The van der Waals surface area contributed by atoms with Crippen molar-refractivity contribution in [3.05, 3.63) is 42.0 Å². The van der Waals surface area contributed by atoms with Crippen molar-refractivity contribution in [3.63, 3.8) is 0 Å². The van der Waals surface area contributed by atoms with Gasteiger partial charge in [0, 0.05) is 12.1 Å². The highest BCUT2D eigenvalue weighted by atomic mass is 32.2. The van der Waals surface area contributed by atoms with Crippen molar-refractivity contribution in [1.82, 2.24) is 15.2 Å². The first-order valence-electron chi connectivity index (χ1n) is 4.94. The normalized spacial score (nSPS) is 11.4. The minimum Gasteiger partial charge on any atom is -0.284 e. The number of H-pyrrole nitrogens is 1. The molecule has 2 N–H and O–H groups in total. The highest BCUT2D eigenvalue weighted by molar-refractivity contribution is 7.92. The number of nitrogens with one attached hydrogen (secondary N) is 2. The first-order valence-corrected chi connectivity index (χ1v) is 6.83. The van der Waals surface area contributed by atoms with Crippen molar-refractivity contribution in [1.29, 1.82) is 0 Å². The SMILES string of the molecule is CS(=O)(=O)Nc1ccc(Cc2ncn[nH]2)cc1. The first kappa shape index (κ1) is 11.6. The Morgan fingerprint density at radius 3 is 2.53 bits per heavy atom. The van der Waals surface area contributed by atoms with Gasteiger partial charge in [0.1, 0.15) is 12.2 Å². The molecule has 0 aliphatic heterocycles. The van der Waals surface area contributed by atoms with Gasteiger partial charge < -0.3 is 0 Å². The Balaban J connectivity index is 2.08. The van der Waals surface area contributed by atoms with E-state index in [0.717, 1.165) is 17.6 Å². The van der Waals surface area contributed by atoms with Crippen LogP contribution in [0.5, 0.6) is 0 Å². The van der Waals surface area contributed by atoms with E-state index < -0.39 is 10.0 Å². The Hall–Kier alpha value is -1.89. The van der Waals surface area contributed by atoms with Crippen LogP contribution in [0, 0.1) is 0 Å². The number of aromatic amines is 1. The summed E-state index contributed by atoms with van der Waals surface area (Å²) in [5, 5.41) is 6.52. The predicted octanol–water partition coefficient (Wildman–Crippen LogP) is 0.767. The molecule has 0 aliphatic carbocycles. The van der Waals surface area contributed by atoms with Crippen LogP contribution in [0.4, 0.5) is 5.69 Å². The first-order chi connectivity index (χ1) is 8.03. The van der Waals surface area contributed by atoms with E-state index in [2.05, 4.69) is 19.9 Å².